The number of amides is 1. The summed E-state index contributed by atoms with van der Waals surface area (Å²) < 4.78 is 53.9. The lowest BCUT2D eigenvalue weighted by molar-refractivity contribution is -0.133. The number of hydrogen-bond donors (Lipinski definition) is 1. The van der Waals surface area contributed by atoms with E-state index < -0.39 is 46.3 Å². The van der Waals surface area contributed by atoms with Crippen LogP contribution in [-0.4, -0.2) is 50.1 Å². The van der Waals surface area contributed by atoms with Gasteiger partial charge < -0.3 is 10.0 Å². The largest absolute Gasteiger partial charge is 0.391 e. The average molecular weight is 438 g/mol. The maximum atomic E-state index is 13.4. The van der Waals surface area contributed by atoms with Gasteiger partial charge in [-0.2, -0.15) is 0 Å². The van der Waals surface area contributed by atoms with E-state index in [1.165, 1.54) is 24.1 Å². The Labute approximate surface area is 174 Å². The van der Waals surface area contributed by atoms with E-state index in [1.54, 1.807) is 0 Å². The number of rotatable bonds is 6. The maximum Gasteiger partial charge on any atom is 0.264 e. The Morgan fingerprint density at radius 2 is 1.53 bits per heavy atom. The predicted octanol–water partition coefficient (Wildman–Crippen LogP) is 2.92. The summed E-state index contributed by atoms with van der Waals surface area (Å²) in [5.74, 6) is -1.65. The van der Waals surface area contributed by atoms with Crippen molar-refractivity contribution in [3.63, 3.8) is 0 Å². The lowest BCUT2D eigenvalue weighted by atomic mass is 9.91. The van der Waals surface area contributed by atoms with Crippen LogP contribution in [0.4, 0.5) is 14.5 Å². The molecule has 3 rings (SSSR count). The number of halogens is 2. The summed E-state index contributed by atoms with van der Waals surface area (Å²) in [6.45, 7) is -0.537. The van der Waals surface area contributed by atoms with Gasteiger partial charge in [-0.1, -0.05) is 12.8 Å². The molecule has 0 spiro atoms. The number of nitrogens with zero attached hydrogens (tertiary/aromatic N) is 2. The second kappa shape index (κ2) is 9.09. The standard InChI is InChI=1S/C21H24F2N2O4S/c1-24(19-4-2-3-5-20(19)26)21(27)14-25(17-10-6-15(22)7-11-17)30(28,29)18-12-8-16(23)9-13-18/h6-13,19-20,26H,2-5,14H2,1H3. The third-order valence-corrected chi connectivity index (χ3v) is 7.17. The minimum atomic E-state index is -4.22. The van der Waals surface area contributed by atoms with Gasteiger partial charge in [0.25, 0.3) is 10.0 Å². The first-order valence-corrected chi connectivity index (χ1v) is 11.1. The summed E-state index contributed by atoms with van der Waals surface area (Å²) in [5.41, 5.74) is 0.103. The molecular weight excluding hydrogens is 414 g/mol. The molecule has 0 saturated heterocycles. The first kappa shape index (κ1) is 22.2. The molecular formula is C21H24F2N2O4S. The van der Waals surface area contributed by atoms with Crippen LogP contribution in [-0.2, 0) is 14.8 Å². The van der Waals surface area contributed by atoms with Gasteiger partial charge >= 0.3 is 0 Å². The van der Waals surface area contributed by atoms with Crippen LogP contribution >= 0.6 is 0 Å². The Morgan fingerprint density at radius 1 is 1.00 bits per heavy atom. The fraction of sp³-hybridized carbons (Fsp3) is 0.381. The second-order valence-electron chi connectivity index (χ2n) is 7.37. The molecule has 1 amide bonds. The average Bonchev–Trinajstić information content (AvgIpc) is 2.72. The van der Waals surface area contributed by atoms with E-state index in [0.717, 1.165) is 53.5 Å². The van der Waals surface area contributed by atoms with Crippen molar-refractivity contribution in [3.05, 3.63) is 60.2 Å². The monoisotopic (exact) mass is 438 g/mol. The Bertz CT molecular complexity index is 981. The van der Waals surface area contributed by atoms with Crippen molar-refractivity contribution in [2.45, 2.75) is 42.7 Å². The quantitative estimate of drug-likeness (QED) is 0.752. The Balaban J connectivity index is 1.92. The lowest BCUT2D eigenvalue weighted by Gasteiger charge is -2.36. The number of aliphatic hydroxyl groups excluding tert-OH is 1. The third-order valence-electron chi connectivity index (χ3n) is 5.38. The van der Waals surface area contributed by atoms with Gasteiger partial charge in [0.2, 0.25) is 5.91 Å². The second-order valence-corrected chi connectivity index (χ2v) is 9.23. The van der Waals surface area contributed by atoms with E-state index in [-0.39, 0.29) is 10.6 Å². The van der Waals surface area contributed by atoms with Gasteiger partial charge in [0.15, 0.2) is 0 Å². The number of sulfonamides is 1. The summed E-state index contributed by atoms with van der Waals surface area (Å²) in [6.07, 6.45) is 2.29. The molecule has 30 heavy (non-hydrogen) atoms. The Hall–Kier alpha value is -2.52. The zero-order chi connectivity index (χ0) is 21.9. The van der Waals surface area contributed by atoms with E-state index >= 15 is 0 Å². The zero-order valence-corrected chi connectivity index (χ0v) is 17.4. The number of likely N-dealkylation sites (N-methyl/N-ethyl adjacent to an activating group) is 1. The van der Waals surface area contributed by atoms with Crippen LogP contribution in [0, 0.1) is 11.6 Å². The van der Waals surface area contributed by atoms with Crippen molar-refractivity contribution in [3.8, 4) is 0 Å². The highest BCUT2D eigenvalue weighted by molar-refractivity contribution is 7.92. The number of anilines is 1. The van der Waals surface area contributed by atoms with Crippen molar-refractivity contribution in [1.82, 2.24) is 4.90 Å². The molecule has 0 bridgehead atoms. The normalized spacial score (nSPS) is 19.3. The molecule has 2 unspecified atom stereocenters. The molecule has 0 aliphatic heterocycles. The summed E-state index contributed by atoms with van der Waals surface area (Å²) >= 11 is 0. The zero-order valence-electron chi connectivity index (χ0n) is 16.5. The molecule has 0 radical (unpaired) electrons. The third kappa shape index (κ3) is 4.79. The fourth-order valence-corrected chi connectivity index (χ4v) is 5.03. The maximum absolute atomic E-state index is 13.4. The van der Waals surface area contributed by atoms with Crippen molar-refractivity contribution in [2.75, 3.05) is 17.9 Å². The highest BCUT2D eigenvalue weighted by Crippen LogP contribution is 2.26. The van der Waals surface area contributed by atoms with Crippen LogP contribution in [0.3, 0.4) is 0 Å². The van der Waals surface area contributed by atoms with Gasteiger partial charge in [-0.05, 0) is 61.4 Å². The topological polar surface area (TPSA) is 77.9 Å². The molecule has 162 valence electrons. The van der Waals surface area contributed by atoms with Crippen LogP contribution in [0.25, 0.3) is 0 Å². The van der Waals surface area contributed by atoms with Crippen molar-refractivity contribution < 1.29 is 27.1 Å². The van der Waals surface area contributed by atoms with E-state index in [9.17, 15) is 27.1 Å². The fourth-order valence-electron chi connectivity index (χ4n) is 3.62. The molecule has 1 aliphatic rings. The number of benzene rings is 2. The number of carbonyl (C=O) groups is 1. The highest BCUT2D eigenvalue weighted by Gasteiger charge is 2.33. The molecule has 6 nitrogen and oxygen atoms in total. The van der Waals surface area contributed by atoms with Gasteiger partial charge in [-0.3, -0.25) is 9.10 Å². The van der Waals surface area contributed by atoms with Crippen molar-refractivity contribution in [1.29, 1.82) is 0 Å². The van der Waals surface area contributed by atoms with E-state index in [0.29, 0.717) is 12.8 Å². The molecule has 2 atom stereocenters. The van der Waals surface area contributed by atoms with Crippen LogP contribution in [0.2, 0.25) is 0 Å². The molecule has 9 heteroatoms. The minimum Gasteiger partial charge on any atom is -0.391 e. The summed E-state index contributed by atoms with van der Waals surface area (Å²) in [7, 11) is -2.69. The number of hydrogen-bond acceptors (Lipinski definition) is 4. The first-order chi connectivity index (χ1) is 14.2. The van der Waals surface area contributed by atoms with Gasteiger partial charge in [-0.15, -0.1) is 0 Å². The molecule has 1 aliphatic carbocycles. The Morgan fingerprint density at radius 3 is 2.10 bits per heavy atom. The lowest BCUT2D eigenvalue weighted by Crippen LogP contribution is -2.50. The first-order valence-electron chi connectivity index (χ1n) is 9.68. The Kier molecular flexibility index (Phi) is 6.72. The van der Waals surface area contributed by atoms with Crippen LogP contribution in [0.15, 0.2) is 53.4 Å². The minimum absolute atomic E-state index is 0.103. The molecule has 2 aromatic carbocycles. The SMILES string of the molecule is CN(C(=O)CN(c1ccc(F)cc1)S(=O)(=O)c1ccc(F)cc1)C1CCCCC1O. The van der Waals surface area contributed by atoms with E-state index in [1.807, 2.05) is 0 Å². The van der Waals surface area contributed by atoms with Crippen molar-refractivity contribution in [2.24, 2.45) is 0 Å². The molecule has 1 N–H and O–H groups in total. The van der Waals surface area contributed by atoms with E-state index in [2.05, 4.69) is 0 Å². The summed E-state index contributed by atoms with van der Waals surface area (Å²) in [5, 5.41) is 10.2. The van der Waals surface area contributed by atoms with Crippen molar-refractivity contribution >= 4 is 21.6 Å². The highest BCUT2D eigenvalue weighted by atomic mass is 32.2. The smallest absolute Gasteiger partial charge is 0.264 e. The van der Waals surface area contributed by atoms with Gasteiger partial charge in [0, 0.05) is 7.05 Å². The molecule has 0 heterocycles. The number of aliphatic hydroxyl groups is 1. The predicted molar refractivity (Wildman–Crippen MR) is 108 cm³/mol. The van der Waals surface area contributed by atoms with Crippen LogP contribution in [0.1, 0.15) is 25.7 Å². The van der Waals surface area contributed by atoms with Gasteiger partial charge in [0.05, 0.1) is 22.7 Å². The van der Waals surface area contributed by atoms with E-state index in [4.69, 9.17) is 0 Å². The summed E-state index contributed by atoms with van der Waals surface area (Å²) in [4.78, 5) is 14.1. The summed E-state index contributed by atoms with van der Waals surface area (Å²) in [6, 6.07) is 8.58. The van der Waals surface area contributed by atoms with Gasteiger partial charge in [-0.25, -0.2) is 17.2 Å². The molecule has 2 aromatic rings. The molecule has 1 fully saturated rings. The number of carbonyl (C=O) groups excluding carboxylic acids is 1. The molecule has 1 saturated carbocycles. The molecule has 0 aromatic heterocycles. The van der Waals surface area contributed by atoms with Crippen LogP contribution in [0.5, 0.6) is 0 Å². The van der Waals surface area contributed by atoms with Crippen LogP contribution < -0.4 is 4.31 Å². The van der Waals surface area contributed by atoms with Gasteiger partial charge in [0.1, 0.15) is 18.2 Å².